The van der Waals surface area contributed by atoms with Crippen molar-refractivity contribution in [2.24, 2.45) is 5.92 Å². The summed E-state index contributed by atoms with van der Waals surface area (Å²) in [7, 11) is 1.61. The van der Waals surface area contributed by atoms with Crippen molar-refractivity contribution < 1.29 is 17.9 Å². The zero-order chi connectivity index (χ0) is 12.2. The summed E-state index contributed by atoms with van der Waals surface area (Å²) in [5.41, 5.74) is 0. The fourth-order valence-corrected chi connectivity index (χ4v) is 1.80. The van der Waals surface area contributed by atoms with E-state index in [9.17, 15) is 13.2 Å². The molecule has 0 bridgehead atoms. The molecule has 6 heteroatoms. The van der Waals surface area contributed by atoms with Crippen LogP contribution in [0.15, 0.2) is 0 Å². The van der Waals surface area contributed by atoms with Crippen LogP contribution in [0.2, 0.25) is 0 Å². The lowest BCUT2D eigenvalue weighted by atomic mass is 10.0. The Kier molecular flexibility index (Phi) is 4.56. The number of methoxy groups -OCH3 is 1. The van der Waals surface area contributed by atoms with E-state index in [0.717, 1.165) is 12.8 Å². The average Bonchev–Trinajstić information content (AvgIpc) is 2.25. The highest BCUT2D eigenvalue weighted by Gasteiger charge is 2.41. The van der Waals surface area contributed by atoms with Crippen LogP contribution in [0.25, 0.3) is 0 Å². The maximum absolute atomic E-state index is 12.3. The van der Waals surface area contributed by atoms with Crippen LogP contribution in [0.1, 0.15) is 12.8 Å². The van der Waals surface area contributed by atoms with E-state index in [1.165, 1.54) is 6.07 Å². The number of hydrogen-bond acceptors (Lipinski definition) is 3. The predicted octanol–water partition coefficient (Wildman–Crippen LogP) is 1.80. The molecule has 3 nitrogen and oxygen atoms in total. The summed E-state index contributed by atoms with van der Waals surface area (Å²) in [4.78, 5) is 1.68. The van der Waals surface area contributed by atoms with Gasteiger partial charge in [-0.3, -0.25) is 0 Å². The van der Waals surface area contributed by atoms with Gasteiger partial charge in [0.25, 0.3) is 0 Å². The van der Waals surface area contributed by atoms with Crippen LogP contribution in [-0.4, -0.2) is 43.9 Å². The summed E-state index contributed by atoms with van der Waals surface area (Å²) in [6.07, 6.45) is -2.83. The second-order valence-corrected chi connectivity index (χ2v) is 3.96. The highest BCUT2D eigenvalue weighted by molar-refractivity contribution is 4.91. The molecule has 0 aromatic rings. The maximum atomic E-state index is 12.3. The molecule has 0 N–H and O–H groups in total. The Morgan fingerprint density at radius 2 is 2.00 bits per heavy atom. The second kappa shape index (κ2) is 5.51. The number of ether oxygens (including phenoxy) is 1. The minimum atomic E-state index is -4.42. The molecule has 0 aliphatic carbocycles. The fourth-order valence-electron chi connectivity index (χ4n) is 1.80. The van der Waals surface area contributed by atoms with Crippen LogP contribution in [0.4, 0.5) is 13.2 Å². The quantitative estimate of drug-likeness (QED) is 0.749. The third-order valence-corrected chi connectivity index (χ3v) is 2.86. The smallest absolute Gasteiger partial charge is 0.381 e. The first kappa shape index (κ1) is 13.3. The zero-order valence-corrected chi connectivity index (χ0v) is 9.13. The summed E-state index contributed by atoms with van der Waals surface area (Å²) in [5.74, 6) is -1.88. The molecule has 1 fully saturated rings. The number of likely N-dealkylation sites (tertiary alicyclic amines) is 1. The Morgan fingerprint density at radius 3 is 2.38 bits per heavy atom. The van der Waals surface area contributed by atoms with Crippen molar-refractivity contribution in [2.45, 2.75) is 25.1 Å². The SMILES string of the molecule is COC1CCN(CC(C#N)C(F)(F)F)CC1. The molecule has 1 atom stereocenters. The minimum absolute atomic E-state index is 0.141. The third-order valence-electron chi connectivity index (χ3n) is 2.86. The number of hydrogen-bond donors (Lipinski definition) is 0. The number of nitrogens with zero attached hydrogens (tertiary/aromatic N) is 2. The average molecular weight is 236 g/mol. The lowest BCUT2D eigenvalue weighted by Gasteiger charge is -2.32. The van der Waals surface area contributed by atoms with Crippen molar-refractivity contribution in [3.8, 4) is 6.07 Å². The number of rotatable bonds is 3. The van der Waals surface area contributed by atoms with E-state index >= 15 is 0 Å². The lowest BCUT2D eigenvalue weighted by Crippen LogP contribution is -2.42. The van der Waals surface area contributed by atoms with Crippen LogP contribution in [0.3, 0.4) is 0 Å². The van der Waals surface area contributed by atoms with Gasteiger partial charge in [-0.25, -0.2) is 0 Å². The van der Waals surface area contributed by atoms with Gasteiger partial charge in [-0.1, -0.05) is 0 Å². The fraction of sp³-hybridized carbons (Fsp3) is 0.900. The molecule has 0 spiro atoms. The third kappa shape index (κ3) is 3.65. The summed E-state index contributed by atoms with van der Waals surface area (Å²) in [6, 6.07) is 1.32. The van der Waals surface area contributed by atoms with E-state index in [2.05, 4.69) is 0 Å². The van der Waals surface area contributed by atoms with Crippen molar-refractivity contribution in [1.82, 2.24) is 4.90 Å². The van der Waals surface area contributed by atoms with Gasteiger partial charge in [0.15, 0.2) is 5.92 Å². The summed E-state index contributed by atoms with van der Waals surface area (Å²) >= 11 is 0. The normalized spacial score (nSPS) is 21.7. The van der Waals surface area contributed by atoms with Crippen molar-refractivity contribution >= 4 is 0 Å². The van der Waals surface area contributed by atoms with Gasteiger partial charge < -0.3 is 9.64 Å². The molecule has 1 unspecified atom stereocenters. The number of nitriles is 1. The molecule has 1 rings (SSSR count). The van der Waals surface area contributed by atoms with Crippen molar-refractivity contribution in [3.63, 3.8) is 0 Å². The molecule has 1 aliphatic rings. The molecule has 16 heavy (non-hydrogen) atoms. The van der Waals surface area contributed by atoms with E-state index in [-0.39, 0.29) is 12.6 Å². The van der Waals surface area contributed by atoms with Crippen molar-refractivity contribution in [2.75, 3.05) is 26.7 Å². The highest BCUT2D eigenvalue weighted by Crippen LogP contribution is 2.27. The molecule has 0 saturated carbocycles. The van der Waals surface area contributed by atoms with Crippen LogP contribution < -0.4 is 0 Å². The van der Waals surface area contributed by atoms with E-state index in [0.29, 0.717) is 13.1 Å². The largest absolute Gasteiger partial charge is 0.405 e. The molecular weight excluding hydrogens is 221 g/mol. The van der Waals surface area contributed by atoms with Gasteiger partial charge >= 0.3 is 6.18 Å². The Balaban J connectivity index is 2.41. The Bertz CT molecular complexity index is 254. The van der Waals surface area contributed by atoms with Crippen molar-refractivity contribution in [3.05, 3.63) is 0 Å². The van der Waals surface area contributed by atoms with Crippen molar-refractivity contribution in [1.29, 1.82) is 5.26 Å². The second-order valence-electron chi connectivity index (χ2n) is 3.96. The number of halogens is 3. The van der Waals surface area contributed by atoms with Gasteiger partial charge in [-0.05, 0) is 12.8 Å². The highest BCUT2D eigenvalue weighted by atomic mass is 19.4. The van der Waals surface area contributed by atoms with Crippen LogP contribution >= 0.6 is 0 Å². The first-order chi connectivity index (χ1) is 7.47. The standard InChI is InChI=1S/C10H15F3N2O/c1-16-9-2-4-15(5-3-9)7-8(6-14)10(11,12)13/h8-9H,2-5,7H2,1H3. The molecule has 92 valence electrons. The Labute approximate surface area is 92.8 Å². The lowest BCUT2D eigenvalue weighted by molar-refractivity contribution is -0.164. The van der Waals surface area contributed by atoms with Gasteiger partial charge in [0.1, 0.15) is 0 Å². The maximum Gasteiger partial charge on any atom is 0.405 e. The van der Waals surface area contributed by atoms with Gasteiger partial charge in [0.2, 0.25) is 0 Å². The first-order valence-electron chi connectivity index (χ1n) is 5.19. The van der Waals surface area contributed by atoms with Gasteiger partial charge in [0, 0.05) is 26.7 Å². The number of alkyl halides is 3. The molecule has 1 heterocycles. The molecule has 0 aromatic carbocycles. The summed E-state index contributed by atoms with van der Waals surface area (Å²) < 4.78 is 42.2. The van der Waals surface area contributed by atoms with E-state index in [1.807, 2.05) is 0 Å². The summed E-state index contributed by atoms with van der Waals surface area (Å²) in [5, 5.41) is 8.47. The van der Waals surface area contributed by atoms with E-state index in [1.54, 1.807) is 12.0 Å². The van der Waals surface area contributed by atoms with Gasteiger partial charge in [-0.2, -0.15) is 18.4 Å². The predicted molar refractivity (Wildman–Crippen MR) is 51.6 cm³/mol. The van der Waals surface area contributed by atoms with Crippen LogP contribution in [0.5, 0.6) is 0 Å². The first-order valence-corrected chi connectivity index (χ1v) is 5.19. The zero-order valence-electron chi connectivity index (χ0n) is 9.13. The van der Waals surface area contributed by atoms with E-state index < -0.39 is 12.1 Å². The molecular formula is C10H15F3N2O. The molecule has 1 saturated heterocycles. The van der Waals surface area contributed by atoms with Crippen LogP contribution in [0, 0.1) is 17.2 Å². The molecule has 0 radical (unpaired) electrons. The topological polar surface area (TPSA) is 36.3 Å². The number of piperidine rings is 1. The monoisotopic (exact) mass is 236 g/mol. The minimum Gasteiger partial charge on any atom is -0.381 e. The molecule has 1 aliphatic heterocycles. The molecule has 0 aromatic heterocycles. The van der Waals surface area contributed by atoms with Gasteiger partial charge in [0.05, 0.1) is 12.2 Å². The van der Waals surface area contributed by atoms with Gasteiger partial charge in [-0.15, -0.1) is 0 Å². The Morgan fingerprint density at radius 1 is 1.44 bits per heavy atom. The molecule has 0 amide bonds. The Hall–Kier alpha value is -0.800. The summed E-state index contributed by atoms with van der Waals surface area (Å²) in [6.45, 7) is 0.899. The van der Waals surface area contributed by atoms with E-state index in [4.69, 9.17) is 10.00 Å². The van der Waals surface area contributed by atoms with Crippen LogP contribution in [-0.2, 0) is 4.74 Å².